The minimum absolute atomic E-state index is 0. The van der Waals surface area contributed by atoms with E-state index in [4.69, 9.17) is 19.8 Å². The molecule has 0 N–H and O–H groups in total. The molecular weight excluding hydrogens is 357 g/mol. The molecule has 23 heavy (non-hydrogen) atoms. The number of carbonyl (C=O) groups excluding carboxylic acids is 5. The van der Waals surface area contributed by atoms with E-state index in [9.17, 15) is 14.4 Å². The number of carboxylic acids is 2. The molecule has 0 heterocycles. The van der Waals surface area contributed by atoms with E-state index in [1.165, 1.54) is 0 Å². The molecule has 0 aliphatic heterocycles. The topological polar surface area (TPSA) is 159 Å². The molecule has 0 unspecified atom stereocenters. The van der Waals surface area contributed by atoms with Crippen LogP contribution >= 0.6 is 8.60 Å². The zero-order valence-electron chi connectivity index (χ0n) is 14.0. The Bertz CT molecular complexity index is 330. The van der Waals surface area contributed by atoms with Crippen LogP contribution in [0.4, 0.5) is 0 Å². The van der Waals surface area contributed by atoms with Crippen LogP contribution in [0.25, 0.3) is 0 Å². The van der Waals surface area contributed by atoms with Crippen LogP contribution in [0.5, 0.6) is 0 Å². The van der Waals surface area contributed by atoms with Gasteiger partial charge < -0.3 is 33.4 Å². The number of rotatable bonds is 3. The molecule has 0 aromatic heterocycles. The van der Waals surface area contributed by atoms with E-state index in [1.54, 1.807) is 0 Å². The molecule has 0 aromatic carbocycles. The standard InChI is InChI=1S/C6H9O6P.2C2H4O2.2Na/c1-4(7)10-13(11-5(2)8)12-6(3)9;2*1-2(3)4;;/h1-3H3;2*1H3,(H,3,4);;/q;;;2*+1/p-2. The van der Waals surface area contributed by atoms with Crippen molar-refractivity contribution in [1.82, 2.24) is 0 Å². The molecule has 0 fully saturated rings. The van der Waals surface area contributed by atoms with E-state index >= 15 is 0 Å². The molecular formula is C10H15Na2O10P. The van der Waals surface area contributed by atoms with Gasteiger partial charge in [0.1, 0.15) is 0 Å². The molecule has 10 nitrogen and oxygen atoms in total. The molecule has 0 bridgehead atoms. The van der Waals surface area contributed by atoms with Gasteiger partial charge in [-0.1, -0.05) is 0 Å². The van der Waals surface area contributed by atoms with Crippen molar-refractivity contribution in [3.8, 4) is 0 Å². The number of hydrogen-bond donors (Lipinski definition) is 0. The predicted molar refractivity (Wildman–Crippen MR) is 63.6 cm³/mol. The Balaban J connectivity index is -0.0000000909. The molecule has 0 amide bonds. The number of carboxylic acid groups (broad SMARTS) is 2. The van der Waals surface area contributed by atoms with Crippen molar-refractivity contribution in [2.24, 2.45) is 0 Å². The van der Waals surface area contributed by atoms with Gasteiger partial charge in [0.15, 0.2) is 0 Å². The van der Waals surface area contributed by atoms with Crippen molar-refractivity contribution >= 4 is 38.4 Å². The average Bonchev–Trinajstić information content (AvgIpc) is 2.10. The first-order valence-corrected chi connectivity index (χ1v) is 6.18. The zero-order chi connectivity index (χ0) is 17.6. The zero-order valence-corrected chi connectivity index (χ0v) is 18.9. The second kappa shape index (κ2) is 21.8. The van der Waals surface area contributed by atoms with Gasteiger partial charge in [-0.3, -0.25) is 14.4 Å². The maximum absolute atomic E-state index is 10.4. The van der Waals surface area contributed by atoms with E-state index in [0.717, 1.165) is 34.6 Å². The second-order valence-electron chi connectivity index (χ2n) is 2.96. The summed E-state index contributed by atoms with van der Waals surface area (Å²) in [6.07, 6.45) is 0. The van der Waals surface area contributed by atoms with E-state index in [1.807, 2.05) is 0 Å². The Morgan fingerprint density at radius 2 is 0.739 bits per heavy atom. The van der Waals surface area contributed by atoms with Crippen molar-refractivity contribution in [2.75, 3.05) is 0 Å². The monoisotopic (exact) mass is 372 g/mol. The van der Waals surface area contributed by atoms with Gasteiger partial charge in [-0.05, 0) is 13.8 Å². The first kappa shape index (κ1) is 34.2. The molecule has 0 aliphatic carbocycles. The second-order valence-corrected chi connectivity index (χ2v) is 3.95. The quantitative estimate of drug-likeness (QED) is 0.344. The van der Waals surface area contributed by atoms with Crippen molar-refractivity contribution in [1.29, 1.82) is 0 Å². The first-order valence-electron chi connectivity index (χ1n) is 5.09. The van der Waals surface area contributed by atoms with Crippen molar-refractivity contribution in [3.05, 3.63) is 0 Å². The molecule has 122 valence electrons. The molecule has 0 aromatic rings. The summed E-state index contributed by atoms with van der Waals surface area (Å²) in [4.78, 5) is 49.1. The van der Waals surface area contributed by atoms with Crippen molar-refractivity contribution in [2.45, 2.75) is 34.6 Å². The van der Waals surface area contributed by atoms with Gasteiger partial charge in [-0.2, -0.15) is 0 Å². The third kappa shape index (κ3) is 61.4. The summed E-state index contributed by atoms with van der Waals surface area (Å²) >= 11 is 0. The smallest absolute Gasteiger partial charge is 0.550 e. The Kier molecular flexibility index (Phi) is 32.4. The van der Waals surface area contributed by atoms with Gasteiger partial charge in [0.05, 0.1) is 0 Å². The molecule has 0 spiro atoms. The fourth-order valence-electron chi connectivity index (χ4n) is 0.371. The number of carbonyl (C=O) groups is 5. The van der Waals surface area contributed by atoms with Crippen molar-refractivity contribution < 1.29 is 107 Å². The fourth-order valence-corrected chi connectivity index (χ4v) is 1.11. The fraction of sp³-hybridized carbons (Fsp3) is 0.500. The van der Waals surface area contributed by atoms with Crippen LogP contribution in [0.1, 0.15) is 34.6 Å². The molecule has 0 aliphatic rings. The van der Waals surface area contributed by atoms with Crippen LogP contribution in [0.15, 0.2) is 0 Å². The van der Waals surface area contributed by atoms with Crippen molar-refractivity contribution in [3.63, 3.8) is 0 Å². The summed E-state index contributed by atoms with van der Waals surface area (Å²) in [6.45, 7) is 5.28. The maximum atomic E-state index is 10.4. The van der Waals surface area contributed by atoms with E-state index in [-0.39, 0.29) is 59.1 Å². The summed E-state index contributed by atoms with van der Waals surface area (Å²) < 4.78 is 13.2. The SMILES string of the molecule is CC(=O)OP(OC(C)=O)OC(C)=O.CC(=O)[O-].CC(=O)[O-].[Na+].[Na+]. The summed E-state index contributed by atoms with van der Waals surface area (Å²) in [7, 11) is -2.23. The van der Waals surface area contributed by atoms with Crippen LogP contribution in [-0.4, -0.2) is 29.8 Å². The molecule has 0 saturated carbocycles. The minimum atomic E-state index is -2.23. The largest absolute Gasteiger partial charge is 1.00 e. The van der Waals surface area contributed by atoms with Gasteiger partial charge >= 0.3 is 85.6 Å². The van der Waals surface area contributed by atoms with Gasteiger partial charge in [0.25, 0.3) is 0 Å². The third-order valence-electron chi connectivity index (χ3n) is 0.609. The Hall–Kier alpha value is -0.220. The first-order chi connectivity index (χ1) is 9.38. The Morgan fingerprint density at radius 1 is 0.609 bits per heavy atom. The van der Waals surface area contributed by atoms with Gasteiger partial charge in [0, 0.05) is 32.7 Å². The summed E-state index contributed by atoms with van der Waals surface area (Å²) in [5.74, 6) is -4.23. The van der Waals surface area contributed by atoms with E-state index in [0.29, 0.717) is 0 Å². The molecule has 0 atom stereocenters. The Morgan fingerprint density at radius 3 is 0.826 bits per heavy atom. The van der Waals surface area contributed by atoms with Crippen LogP contribution in [-0.2, 0) is 37.5 Å². The molecule has 0 saturated heterocycles. The molecule has 0 rings (SSSR count). The van der Waals surface area contributed by atoms with Gasteiger partial charge in [0.2, 0.25) is 0 Å². The Labute approximate surface area is 178 Å². The average molecular weight is 372 g/mol. The van der Waals surface area contributed by atoms with Gasteiger partial charge in [-0.25, -0.2) is 0 Å². The molecule has 13 heteroatoms. The van der Waals surface area contributed by atoms with Crippen LogP contribution in [0.3, 0.4) is 0 Å². The van der Waals surface area contributed by atoms with E-state index in [2.05, 4.69) is 13.6 Å². The number of aliphatic carboxylic acids is 2. The summed E-state index contributed by atoms with van der Waals surface area (Å²) in [5, 5.41) is 17.8. The van der Waals surface area contributed by atoms with Crippen LogP contribution in [0, 0.1) is 0 Å². The number of hydrogen-bond acceptors (Lipinski definition) is 10. The summed E-state index contributed by atoms with van der Waals surface area (Å²) in [5.41, 5.74) is 0. The predicted octanol–water partition coefficient (Wildman–Crippen LogP) is -7.58. The maximum Gasteiger partial charge on any atom is 1.00 e. The third-order valence-corrected chi connectivity index (χ3v) is 1.83. The van der Waals surface area contributed by atoms with Crippen LogP contribution in [0.2, 0.25) is 0 Å². The van der Waals surface area contributed by atoms with E-state index < -0.39 is 38.4 Å². The van der Waals surface area contributed by atoms with Gasteiger partial charge in [-0.15, -0.1) is 0 Å². The normalized spacial score (nSPS) is 7.39. The molecule has 0 radical (unpaired) electrons. The summed E-state index contributed by atoms with van der Waals surface area (Å²) in [6, 6.07) is 0. The minimum Gasteiger partial charge on any atom is -0.550 e. The van der Waals surface area contributed by atoms with Crippen LogP contribution < -0.4 is 69.3 Å².